The normalized spacial score (nSPS) is 11.2. The van der Waals surface area contributed by atoms with E-state index in [-0.39, 0.29) is 5.52 Å². The van der Waals surface area contributed by atoms with E-state index in [4.69, 9.17) is 11.6 Å². The molecule has 6 nitrogen and oxygen atoms in total. The predicted molar refractivity (Wildman–Crippen MR) is 81.8 cm³/mol. The molecule has 0 atom stereocenters. The Balaban J connectivity index is 2.30. The number of nitrogens with one attached hydrogen (secondary N) is 2. The summed E-state index contributed by atoms with van der Waals surface area (Å²) < 4.78 is 1.41. The molecule has 0 radical (unpaired) electrons. The maximum atomic E-state index is 11.9. The van der Waals surface area contributed by atoms with Gasteiger partial charge in [0.1, 0.15) is 11.3 Å². The molecule has 0 bridgehead atoms. The van der Waals surface area contributed by atoms with Gasteiger partial charge in [-0.15, -0.1) is 0 Å². The number of aromatic amines is 2. The van der Waals surface area contributed by atoms with Gasteiger partial charge >= 0.3 is 5.69 Å². The van der Waals surface area contributed by atoms with Crippen molar-refractivity contribution in [1.29, 1.82) is 0 Å². The lowest BCUT2D eigenvalue weighted by molar-refractivity contribution is 0.720. The van der Waals surface area contributed by atoms with Crippen molar-refractivity contribution in [1.82, 2.24) is 19.5 Å². The summed E-state index contributed by atoms with van der Waals surface area (Å²) >= 11 is 6.11. The van der Waals surface area contributed by atoms with Gasteiger partial charge in [0.25, 0.3) is 5.56 Å². The molecule has 0 amide bonds. The molecular weight excluding hydrogens is 292 g/mol. The van der Waals surface area contributed by atoms with Crippen molar-refractivity contribution in [2.24, 2.45) is 0 Å². The van der Waals surface area contributed by atoms with E-state index in [0.29, 0.717) is 23.0 Å². The third-order valence-electron chi connectivity index (χ3n) is 3.39. The second kappa shape index (κ2) is 4.89. The largest absolute Gasteiger partial charge is 0.332 e. The van der Waals surface area contributed by atoms with Gasteiger partial charge in [0.2, 0.25) is 0 Å². The number of benzene rings is 1. The molecule has 21 heavy (non-hydrogen) atoms. The monoisotopic (exact) mass is 304 g/mol. The van der Waals surface area contributed by atoms with Crippen LogP contribution in [0, 0.1) is 6.92 Å². The van der Waals surface area contributed by atoms with Gasteiger partial charge in [0, 0.05) is 17.1 Å². The third-order valence-corrected chi connectivity index (χ3v) is 3.80. The minimum atomic E-state index is -0.475. The van der Waals surface area contributed by atoms with Gasteiger partial charge in [-0.2, -0.15) is 0 Å². The van der Waals surface area contributed by atoms with Crippen LogP contribution in [0.2, 0.25) is 5.02 Å². The predicted octanol–water partition coefficient (Wildman–Crippen LogP) is 2.06. The van der Waals surface area contributed by atoms with Crippen LogP contribution in [0.5, 0.6) is 0 Å². The van der Waals surface area contributed by atoms with Gasteiger partial charge < -0.3 is 4.98 Å². The van der Waals surface area contributed by atoms with Crippen molar-refractivity contribution in [2.75, 3.05) is 0 Å². The molecule has 2 N–H and O–H groups in total. The van der Waals surface area contributed by atoms with Crippen molar-refractivity contribution in [2.45, 2.75) is 20.4 Å². The van der Waals surface area contributed by atoms with Gasteiger partial charge in [0.15, 0.2) is 5.65 Å². The molecule has 0 fully saturated rings. The smallest absolute Gasteiger partial charge is 0.330 e. The van der Waals surface area contributed by atoms with E-state index in [9.17, 15) is 9.59 Å². The number of aromatic nitrogens is 4. The van der Waals surface area contributed by atoms with E-state index in [2.05, 4.69) is 15.0 Å². The second-order valence-electron chi connectivity index (χ2n) is 4.75. The zero-order valence-corrected chi connectivity index (χ0v) is 12.3. The minimum absolute atomic E-state index is 0.281. The summed E-state index contributed by atoms with van der Waals surface area (Å²) in [5, 5.41) is 0.620. The zero-order valence-electron chi connectivity index (χ0n) is 11.5. The molecule has 3 rings (SSSR count). The average molecular weight is 305 g/mol. The summed E-state index contributed by atoms with van der Waals surface area (Å²) in [6, 6.07) is 5.51. The summed E-state index contributed by atoms with van der Waals surface area (Å²) in [7, 11) is 0. The fourth-order valence-electron chi connectivity index (χ4n) is 2.21. The molecule has 0 saturated carbocycles. The lowest BCUT2D eigenvalue weighted by atomic mass is 10.1. The first-order valence-corrected chi connectivity index (χ1v) is 6.88. The van der Waals surface area contributed by atoms with Crippen molar-refractivity contribution < 1.29 is 0 Å². The summed E-state index contributed by atoms with van der Waals surface area (Å²) in [5.41, 5.74) is 1.41. The summed E-state index contributed by atoms with van der Waals surface area (Å²) in [6.07, 6.45) is 0. The molecule has 0 unspecified atom stereocenters. The number of halogens is 1. The van der Waals surface area contributed by atoms with Gasteiger partial charge in [0.05, 0.1) is 0 Å². The summed E-state index contributed by atoms with van der Waals surface area (Å²) in [6.45, 7) is 4.14. The summed E-state index contributed by atoms with van der Waals surface area (Å²) in [5.74, 6) is 0.505. The molecule has 0 aliphatic rings. The SMILES string of the molecule is CCn1c(=O)[nH]c(=O)c2[nH]c(-c3ccc(C)c(Cl)c3)nc21. The Morgan fingerprint density at radius 2 is 2.05 bits per heavy atom. The van der Waals surface area contributed by atoms with Gasteiger partial charge in [-0.25, -0.2) is 9.78 Å². The number of hydrogen-bond acceptors (Lipinski definition) is 3. The molecule has 0 spiro atoms. The Morgan fingerprint density at radius 1 is 1.29 bits per heavy atom. The highest BCUT2D eigenvalue weighted by Gasteiger charge is 2.13. The van der Waals surface area contributed by atoms with Crippen LogP contribution < -0.4 is 11.2 Å². The Hall–Kier alpha value is -2.34. The fraction of sp³-hybridized carbons (Fsp3) is 0.214. The first-order valence-electron chi connectivity index (χ1n) is 6.50. The highest BCUT2D eigenvalue weighted by Crippen LogP contribution is 2.24. The third kappa shape index (κ3) is 2.17. The average Bonchev–Trinajstić information content (AvgIpc) is 2.87. The molecule has 2 aromatic heterocycles. The van der Waals surface area contributed by atoms with Crippen molar-refractivity contribution >= 4 is 22.8 Å². The molecule has 0 aliphatic carbocycles. The van der Waals surface area contributed by atoms with Crippen LogP contribution in [0.15, 0.2) is 27.8 Å². The van der Waals surface area contributed by atoms with E-state index < -0.39 is 11.2 Å². The number of fused-ring (bicyclic) bond motifs is 1. The quantitative estimate of drug-likeness (QED) is 0.760. The number of rotatable bonds is 2. The van der Waals surface area contributed by atoms with Crippen LogP contribution in [0.25, 0.3) is 22.6 Å². The van der Waals surface area contributed by atoms with Crippen LogP contribution in [-0.2, 0) is 6.54 Å². The van der Waals surface area contributed by atoms with Crippen LogP contribution in [0.1, 0.15) is 12.5 Å². The Morgan fingerprint density at radius 3 is 2.71 bits per heavy atom. The first-order chi connectivity index (χ1) is 10.0. The molecule has 0 saturated heterocycles. The topological polar surface area (TPSA) is 83.5 Å². The van der Waals surface area contributed by atoms with Crippen LogP contribution >= 0.6 is 11.6 Å². The highest BCUT2D eigenvalue weighted by molar-refractivity contribution is 6.31. The van der Waals surface area contributed by atoms with Crippen LogP contribution in [0.3, 0.4) is 0 Å². The van der Waals surface area contributed by atoms with Gasteiger partial charge in [-0.05, 0) is 25.5 Å². The number of aryl methyl sites for hydroxylation is 2. The van der Waals surface area contributed by atoms with Crippen LogP contribution in [-0.4, -0.2) is 19.5 Å². The lowest BCUT2D eigenvalue weighted by Gasteiger charge is -2.00. The van der Waals surface area contributed by atoms with E-state index in [0.717, 1.165) is 11.1 Å². The summed E-state index contributed by atoms with van der Waals surface area (Å²) in [4.78, 5) is 33.2. The van der Waals surface area contributed by atoms with Gasteiger partial charge in [-0.3, -0.25) is 14.3 Å². The standard InChI is InChI=1S/C14H13ClN4O2/c1-3-19-12-10(13(20)18-14(19)21)16-11(17-12)8-5-4-7(2)9(15)6-8/h4-6H,3H2,1-2H3,(H,16,17)(H,18,20,21). The number of hydrogen-bond donors (Lipinski definition) is 2. The molecule has 7 heteroatoms. The molecule has 3 aromatic rings. The number of H-pyrrole nitrogens is 2. The number of nitrogens with zero attached hydrogens (tertiary/aromatic N) is 2. The van der Waals surface area contributed by atoms with E-state index >= 15 is 0 Å². The lowest BCUT2D eigenvalue weighted by Crippen LogP contribution is -2.29. The van der Waals surface area contributed by atoms with Gasteiger partial charge in [-0.1, -0.05) is 23.7 Å². The maximum absolute atomic E-state index is 11.9. The molecule has 0 aliphatic heterocycles. The first kappa shape index (κ1) is 13.6. The Kier molecular flexibility index (Phi) is 3.17. The molecular formula is C14H13ClN4O2. The second-order valence-corrected chi connectivity index (χ2v) is 5.16. The highest BCUT2D eigenvalue weighted by atomic mass is 35.5. The van der Waals surface area contributed by atoms with Crippen molar-refractivity contribution in [3.05, 3.63) is 49.6 Å². The zero-order chi connectivity index (χ0) is 15.1. The van der Waals surface area contributed by atoms with Crippen LogP contribution in [0.4, 0.5) is 0 Å². The van der Waals surface area contributed by atoms with Crippen molar-refractivity contribution in [3.63, 3.8) is 0 Å². The minimum Gasteiger partial charge on any atom is -0.332 e. The fourth-order valence-corrected chi connectivity index (χ4v) is 2.39. The van der Waals surface area contributed by atoms with E-state index in [1.54, 1.807) is 6.07 Å². The molecule has 108 valence electrons. The Labute approximate surface area is 124 Å². The van der Waals surface area contributed by atoms with E-state index in [1.807, 2.05) is 26.0 Å². The number of imidazole rings is 1. The van der Waals surface area contributed by atoms with E-state index in [1.165, 1.54) is 4.57 Å². The molecule has 2 heterocycles. The van der Waals surface area contributed by atoms with Crippen molar-refractivity contribution in [3.8, 4) is 11.4 Å². The Bertz CT molecular complexity index is 952. The maximum Gasteiger partial charge on any atom is 0.330 e. The molecule has 1 aromatic carbocycles.